The van der Waals surface area contributed by atoms with Gasteiger partial charge in [0.2, 0.25) is 0 Å². The molecule has 78 valence electrons. The lowest BCUT2D eigenvalue weighted by molar-refractivity contribution is 0.624. The zero-order chi connectivity index (χ0) is 11.5. The molecule has 2 nitrogen and oxygen atoms in total. The number of nitriles is 1. The molecule has 0 N–H and O–H groups in total. The van der Waals surface area contributed by atoms with E-state index in [2.05, 4.69) is 4.98 Å². The van der Waals surface area contributed by atoms with Crippen molar-refractivity contribution in [1.29, 1.82) is 5.26 Å². The molecule has 0 bridgehead atoms. The van der Waals surface area contributed by atoms with E-state index in [0.717, 1.165) is 5.56 Å². The SMILES string of the molecule is Cc1ccc(-c2ccc(C#N)c(F)c2)nc1. The molecule has 1 aromatic heterocycles. The van der Waals surface area contributed by atoms with Crippen molar-refractivity contribution >= 4 is 0 Å². The van der Waals surface area contributed by atoms with Crippen LogP contribution in [0.1, 0.15) is 11.1 Å². The minimum absolute atomic E-state index is 0.0517. The average molecular weight is 212 g/mol. The van der Waals surface area contributed by atoms with Gasteiger partial charge >= 0.3 is 0 Å². The minimum atomic E-state index is -0.512. The van der Waals surface area contributed by atoms with E-state index in [4.69, 9.17) is 5.26 Å². The van der Waals surface area contributed by atoms with Crippen LogP contribution in [0.15, 0.2) is 36.5 Å². The zero-order valence-electron chi connectivity index (χ0n) is 8.74. The first kappa shape index (κ1) is 10.3. The highest BCUT2D eigenvalue weighted by Gasteiger charge is 2.04. The number of pyridine rings is 1. The molecule has 0 aliphatic heterocycles. The fourth-order valence-electron chi connectivity index (χ4n) is 1.40. The maximum absolute atomic E-state index is 13.4. The molecule has 2 aromatic rings. The molecular formula is C13H9FN2. The third-order valence-electron chi connectivity index (χ3n) is 2.30. The molecule has 0 amide bonds. The van der Waals surface area contributed by atoms with Crippen LogP contribution < -0.4 is 0 Å². The first-order valence-corrected chi connectivity index (χ1v) is 4.83. The van der Waals surface area contributed by atoms with E-state index < -0.39 is 5.82 Å². The molecule has 16 heavy (non-hydrogen) atoms. The van der Waals surface area contributed by atoms with Crippen LogP contribution in [0.2, 0.25) is 0 Å². The van der Waals surface area contributed by atoms with Gasteiger partial charge in [-0.3, -0.25) is 4.98 Å². The van der Waals surface area contributed by atoms with Gasteiger partial charge in [-0.15, -0.1) is 0 Å². The summed E-state index contributed by atoms with van der Waals surface area (Å²) < 4.78 is 13.4. The van der Waals surface area contributed by atoms with E-state index in [1.54, 1.807) is 18.3 Å². The largest absolute Gasteiger partial charge is 0.256 e. The molecule has 0 aliphatic rings. The van der Waals surface area contributed by atoms with Gasteiger partial charge in [-0.2, -0.15) is 5.26 Å². The van der Waals surface area contributed by atoms with Crippen LogP contribution >= 0.6 is 0 Å². The standard InChI is InChI=1S/C13H9FN2/c1-9-2-5-13(16-8-9)10-3-4-11(7-15)12(14)6-10/h2-6,8H,1H3. The molecule has 0 atom stereocenters. The summed E-state index contributed by atoms with van der Waals surface area (Å²) in [4.78, 5) is 4.20. The van der Waals surface area contributed by atoms with E-state index >= 15 is 0 Å². The maximum atomic E-state index is 13.4. The van der Waals surface area contributed by atoms with Gasteiger partial charge in [0.05, 0.1) is 11.3 Å². The van der Waals surface area contributed by atoms with Crippen molar-refractivity contribution in [3.05, 3.63) is 53.5 Å². The Morgan fingerprint density at radius 1 is 1.25 bits per heavy atom. The average Bonchev–Trinajstić information content (AvgIpc) is 2.30. The lowest BCUT2D eigenvalue weighted by Crippen LogP contribution is -1.88. The van der Waals surface area contributed by atoms with Crippen molar-refractivity contribution < 1.29 is 4.39 Å². The number of benzene rings is 1. The van der Waals surface area contributed by atoms with E-state index in [0.29, 0.717) is 11.3 Å². The van der Waals surface area contributed by atoms with Crippen molar-refractivity contribution in [2.45, 2.75) is 6.92 Å². The Balaban J connectivity index is 2.46. The second kappa shape index (κ2) is 4.11. The zero-order valence-corrected chi connectivity index (χ0v) is 8.74. The van der Waals surface area contributed by atoms with Crippen LogP contribution in [-0.4, -0.2) is 4.98 Å². The summed E-state index contributed by atoms with van der Waals surface area (Å²) in [5, 5.41) is 8.61. The number of aryl methyl sites for hydroxylation is 1. The summed E-state index contributed by atoms with van der Waals surface area (Å²) in [7, 11) is 0. The Kier molecular flexibility index (Phi) is 2.65. The third kappa shape index (κ3) is 1.91. The second-order valence-corrected chi connectivity index (χ2v) is 3.53. The molecule has 3 heteroatoms. The minimum Gasteiger partial charge on any atom is -0.256 e. The first-order valence-electron chi connectivity index (χ1n) is 4.83. The number of rotatable bonds is 1. The van der Waals surface area contributed by atoms with E-state index in [9.17, 15) is 4.39 Å². The van der Waals surface area contributed by atoms with Gasteiger partial charge in [-0.05, 0) is 30.7 Å². The van der Waals surface area contributed by atoms with Crippen molar-refractivity contribution in [3.63, 3.8) is 0 Å². The van der Waals surface area contributed by atoms with Crippen molar-refractivity contribution in [2.24, 2.45) is 0 Å². The molecule has 0 fully saturated rings. The normalized spacial score (nSPS) is 9.81. The molecule has 0 aliphatic carbocycles. The highest BCUT2D eigenvalue weighted by molar-refractivity contribution is 5.60. The number of nitrogens with zero attached hydrogens (tertiary/aromatic N) is 2. The summed E-state index contributed by atoms with van der Waals surface area (Å²) in [5.41, 5.74) is 2.49. The van der Waals surface area contributed by atoms with Gasteiger partial charge in [0.25, 0.3) is 0 Å². The first-order chi connectivity index (χ1) is 7.70. The monoisotopic (exact) mass is 212 g/mol. The lowest BCUT2D eigenvalue weighted by atomic mass is 10.1. The second-order valence-electron chi connectivity index (χ2n) is 3.53. The summed E-state index contributed by atoms with van der Waals surface area (Å²) in [5.74, 6) is -0.512. The predicted molar refractivity (Wildman–Crippen MR) is 59.1 cm³/mol. The van der Waals surface area contributed by atoms with Gasteiger partial charge in [0, 0.05) is 11.8 Å². The predicted octanol–water partition coefficient (Wildman–Crippen LogP) is 3.07. The number of hydrogen-bond donors (Lipinski definition) is 0. The maximum Gasteiger partial charge on any atom is 0.141 e. The van der Waals surface area contributed by atoms with Gasteiger partial charge in [0.1, 0.15) is 11.9 Å². The molecule has 2 rings (SSSR count). The van der Waals surface area contributed by atoms with E-state index in [1.807, 2.05) is 19.1 Å². The Hall–Kier alpha value is -2.21. The number of hydrogen-bond acceptors (Lipinski definition) is 2. The quantitative estimate of drug-likeness (QED) is 0.728. The molecule has 1 aromatic carbocycles. The smallest absolute Gasteiger partial charge is 0.141 e. The Morgan fingerprint density at radius 2 is 2.06 bits per heavy atom. The van der Waals surface area contributed by atoms with Gasteiger partial charge in [-0.1, -0.05) is 12.1 Å². The Morgan fingerprint density at radius 3 is 2.62 bits per heavy atom. The summed E-state index contributed by atoms with van der Waals surface area (Å²) in [6.45, 7) is 1.94. The number of aromatic nitrogens is 1. The molecule has 0 unspecified atom stereocenters. The van der Waals surface area contributed by atoms with Crippen LogP contribution in [0, 0.1) is 24.1 Å². The Labute approximate surface area is 93.0 Å². The van der Waals surface area contributed by atoms with E-state index in [-0.39, 0.29) is 5.56 Å². The van der Waals surface area contributed by atoms with Gasteiger partial charge in [-0.25, -0.2) is 4.39 Å². The molecule has 1 heterocycles. The molecular weight excluding hydrogens is 203 g/mol. The summed E-state index contributed by atoms with van der Waals surface area (Å²) in [6, 6.07) is 10.0. The number of halogens is 1. The Bertz CT molecular complexity index is 553. The highest BCUT2D eigenvalue weighted by atomic mass is 19.1. The van der Waals surface area contributed by atoms with Crippen molar-refractivity contribution in [3.8, 4) is 17.3 Å². The summed E-state index contributed by atoms with van der Waals surface area (Å²) >= 11 is 0. The third-order valence-corrected chi connectivity index (χ3v) is 2.30. The van der Waals surface area contributed by atoms with Crippen molar-refractivity contribution in [2.75, 3.05) is 0 Å². The fraction of sp³-hybridized carbons (Fsp3) is 0.0769. The molecule has 0 spiro atoms. The van der Waals surface area contributed by atoms with Crippen LogP contribution in [0.4, 0.5) is 4.39 Å². The van der Waals surface area contributed by atoms with Crippen LogP contribution in [-0.2, 0) is 0 Å². The van der Waals surface area contributed by atoms with Gasteiger partial charge in [0.15, 0.2) is 0 Å². The van der Waals surface area contributed by atoms with Crippen LogP contribution in [0.5, 0.6) is 0 Å². The molecule has 0 radical (unpaired) electrons. The topological polar surface area (TPSA) is 36.7 Å². The van der Waals surface area contributed by atoms with Gasteiger partial charge < -0.3 is 0 Å². The highest BCUT2D eigenvalue weighted by Crippen LogP contribution is 2.19. The molecule has 0 saturated carbocycles. The fourth-order valence-corrected chi connectivity index (χ4v) is 1.40. The van der Waals surface area contributed by atoms with E-state index in [1.165, 1.54) is 12.1 Å². The molecule has 0 saturated heterocycles. The summed E-state index contributed by atoms with van der Waals surface area (Å²) in [6.07, 6.45) is 1.73. The van der Waals surface area contributed by atoms with Crippen LogP contribution in [0.25, 0.3) is 11.3 Å². The van der Waals surface area contributed by atoms with Crippen LogP contribution in [0.3, 0.4) is 0 Å². The lowest BCUT2D eigenvalue weighted by Gasteiger charge is -2.02. The van der Waals surface area contributed by atoms with Crippen molar-refractivity contribution in [1.82, 2.24) is 4.98 Å².